The van der Waals surface area contributed by atoms with Gasteiger partial charge in [0, 0.05) is 32.3 Å². The van der Waals surface area contributed by atoms with Crippen LogP contribution >= 0.6 is 0 Å². The lowest BCUT2D eigenvalue weighted by atomic mass is 10.2. The van der Waals surface area contributed by atoms with Crippen molar-refractivity contribution < 1.29 is 14.7 Å². The van der Waals surface area contributed by atoms with Crippen molar-refractivity contribution in [3.8, 4) is 0 Å². The van der Waals surface area contributed by atoms with Crippen LogP contribution in [0.2, 0.25) is 0 Å². The van der Waals surface area contributed by atoms with E-state index in [4.69, 9.17) is 9.57 Å². The molecule has 8 heteroatoms. The number of H-pyrrole nitrogens is 1. The molecule has 0 bridgehead atoms. The Hall–Kier alpha value is -1.48. The molecule has 2 heterocycles. The smallest absolute Gasteiger partial charge is 0.330 e. The van der Waals surface area contributed by atoms with Crippen LogP contribution in [0.5, 0.6) is 0 Å². The molecular weight excluding hydrogens is 266 g/mol. The van der Waals surface area contributed by atoms with E-state index < -0.39 is 29.7 Å². The molecule has 0 aromatic carbocycles. The summed E-state index contributed by atoms with van der Waals surface area (Å²) in [5.41, 5.74) is -0.556. The Bertz CT molecular complexity index is 579. The van der Waals surface area contributed by atoms with Gasteiger partial charge >= 0.3 is 5.69 Å². The zero-order valence-corrected chi connectivity index (χ0v) is 11.7. The topological polar surface area (TPSA) is 96.8 Å². The van der Waals surface area contributed by atoms with E-state index in [9.17, 15) is 14.7 Å². The molecule has 20 heavy (non-hydrogen) atoms. The first-order valence-electron chi connectivity index (χ1n) is 6.34. The minimum absolute atomic E-state index is 0.196. The van der Waals surface area contributed by atoms with E-state index in [0.717, 1.165) is 0 Å². The molecule has 0 spiro atoms. The average Bonchev–Trinajstić information content (AvgIpc) is 2.72. The van der Waals surface area contributed by atoms with Crippen LogP contribution in [0.1, 0.15) is 18.2 Å². The van der Waals surface area contributed by atoms with Gasteiger partial charge in [-0.3, -0.25) is 19.2 Å². The summed E-state index contributed by atoms with van der Waals surface area (Å²) < 4.78 is 6.91. The molecule has 0 saturated carbocycles. The molecular formula is C12H19N3O5. The fourth-order valence-electron chi connectivity index (χ4n) is 2.06. The number of aliphatic hydroxyl groups is 1. The number of aryl methyl sites for hydroxylation is 1. The third-order valence-corrected chi connectivity index (χ3v) is 3.16. The second-order valence-electron chi connectivity index (χ2n) is 5.02. The molecule has 0 aliphatic carbocycles. The highest BCUT2D eigenvalue weighted by molar-refractivity contribution is 5.02. The Labute approximate surface area is 115 Å². The second kappa shape index (κ2) is 5.88. The summed E-state index contributed by atoms with van der Waals surface area (Å²) in [6, 6.07) is 0. The molecule has 1 aliphatic rings. The van der Waals surface area contributed by atoms with Gasteiger partial charge in [0.05, 0.1) is 12.7 Å². The van der Waals surface area contributed by atoms with Crippen molar-refractivity contribution in [2.75, 3.05) is 20.7 Å². The predicted molar refractivity (Wildman–Crippen MR) is 70.2 cm³/mol. The lowest BCUT2D eigenvalue weighted by molar-refractivity contribution is -0.165. The number of aromatic nitrogens is 2. The molecule has 8 nitrogen and oxygen atoms in total. The SMILES string of the molecule is Cc1cn([C@H]2C[C@H](O)[C@@H](CON(C)C)O2)c(=O)[nH]c1=O. The maximum Gasteiger partial charge on any atom is 0.330 e. The van der Waals surface area contributed by atoms with Crippen molar-refractivity contribution >= 4 is 0 Å². The normalized spacial score (nSPS) is 26.4. The number of aromatic amines is 1. The van der Waals surface area contributed by atoms with Crippen LogP contribution in [0.25, 0.3) is 0 Å². The van der Waals surface area contributed by atoms with E-state index in [2.05, 4.69) is 4.98 Å². The number of nitrogens with zero attached hydrogens (tertiary/aromatic N) is 2. The molecule has 1 aliphatic heterocycles. The summed E-state index contributed by atoms with van der Waals surface area (Å²) in [6.45, 7) is 1.80. The third kappa shape index (κ3) is 3.15. The lowest BCUT2D eigenvalue weighted by Crippen LogP contribution is -2.33. The van der Waals surface area contributed by atoms with Gasteiger partial charge in [0.1, 0.15) is 12.3 Å². The molecule has 1 aromatic heterocycles. The Morgan fingerprint density at radius 2 is 2.25 bits per heavy atom. The first-order chi connectivity index (χ1) is 9.38. The minimum atomic E-state index is -0.723. The molecule has 0 unspecified atom stereocenters. The van der Waals surface area contributed by atoms with Crippen LogP contribution < -0.4 is 11.2 Å². The highest BCUT2D eigenvalue weighted by atomic mass is 16.7. The van der Waals surface area contributed by atoms with Crippen molar-refractivity contribution in [2.24, 2.45) is 0 Å². The largest absolute Gasteiger partial charge is 0.390 e. The van der Waals surface area contributed by atoms with Gasteiger partial charge in [0.25, 0.3) is 5.56 Å². The van der Waals surface area contributed by atoms with Crippen LogP contribution in [0.4, 0.5) is 0 Å². The van der Waals surface area contributed by atoms with Crippen molar-refractivity contribution in [3.05, 3.63) is 32.6 Å². The number of hydrogen-bond donors (Lipinski definition) is 2. The van der Waals surface area contributed by atoms with E-state index in [0.29, 0.717) is 5.56 Å². The van der Waals surface area contributed by atoms with Crippen LogP contribution in [-0.4, -0.2) is 52.6 Å². The van der Waals surface area contributed by atoms with E-state index in [1.54, 1.807) is 21.0 Å². The number of hydroxylamine groups is 2. The maximum absolute atomic E-state index is 11.8. The van der Waals surface area contributed by atoms with Gasteiger partial charge in [-0.05, 0) is 6.92 Å². The van der Waals surface area contributed by atoms with Gasteiger partial charge in [0.15, 0.2) is 0 Å². The fraction of sp³-hybridized carbons (Fsp3) is 0.667. The zero-order chi connectivity index (χ0) is 14.9. The molecule has 1 fully saturated rings. The highest BCUT2D eigenvalue weighted by Crippen LogP contribution is 2.27. The van der Waals surface area contributed by atoms with E-state index in [1.807, 2.05) is 0 Å². The van der Waals surface area contributed by atoms with Gasteiger partial charge in [0.2, 0.25) is 0 Å². The van der Waals surface area contributed by atoms with Gasteiger partial charge in [-0.15, -0.1) is 0 Å². The molecule has 0 radical (unpaired) electrons. The highest BCUT2D eigenvalue weighted by Gasteiger charge is 2.35. The van der Waals surface area contributed by atoms with Crippen LogP contribution in [0.15, 0.2) is 15.8 Å². The number of nitrogens with one attached hydrogen (secondary N) is 1. The molecule has 112 valence electrons. The summed E-state index contributed by atoms with van der Waals surface area (Å²) >= 11 is 0. The fourth-order valence-corrected chi connectivity index (χ4v) is 2.06. The molecule has 0 amide bonds. The van der Waals surface area contributed by atoms with Gasteiger partial charge in [-0.1, -0.05) is 0 Å². The summed E-state index contributed by atoms with van der Waals surface area (Å²) in [5.74, 6) is 0. The number of hydrogen-bond acceptors (Lipinski definition) is 6. The van der Waals surface area contributed by atoms with Gasteiger partial charge < -0.3 is 9.84 Å². The molecule has 2 rings (SSSR count). The van der Waals surface area contributed by atoms with E-state index in [-0.39, 0.29) is 13.0 Å². The van der Waals surface area contributed by atoms with Crippen LogP contribution in [0, 0.1) is 6.92 Å². The summed E-state index contributed by atoms with van der Waals surface area (Å²) in [6.07, 6.45) is -0.134. The van der Waals surface area contributed by atoms with Gasteiger partial charge in [-0.25, -0.2) is 4.79 Å². The predicted octanol–water partition coefficient (Wildman–Crippen LogP) is -1.01. The number of rotatable bonds is 4. The monoisotopic (exact) mass is 285 g/mol. The Balaban J connectivity index is 2.14. The van der Waals surface area contributed by atoms with Crippen molar-refractivity contribution in [1.29, 1.82) is 0 Å². The Morgan fingerprint density at radius 1 is 1.55 bits per heavy atom. The molecule has 1 saturated heterocycles. The maximum atomic E-state index is 11.8. The summed E-state index contributed by atoms with van der Waals surface area (Å²) in [5, 5.41) is 11.5. The second-order valence-corrected chi connectivity index (χ2v) is 5.02. The molecule has 1 aromatic rings. The van der Waals surface area contributed by atoms with Gasteiger partial charge in [-0.2, -0.15) is 5.06 Å². The lowest BCUT2D eigenvalue weighted by Gasteiger charge is -2.18. The van der Waals surface area contributed by atoms with Crippen LogP contribution in [0.3, 0.4) is 0 Å². The van der Waals surface area contributed by atoms with Crippen molar-refractivity contribution in [3.63, 3.8) is 0 Å². The van der Waals surface area contributed by atoms with E-state index >= 15 is 0 Å². The van der Waals surface area contributed by atoms with E-state index in [1.165, 1.54) is 15.8 Å². The van der Waals surface area contributed by atoms with Crippen LogP contribution in [-0.2, 0) is 9.57 Å². The molecule has 2 N–H and O–H groups in total. The first-order valence-corrected chi connectivity index (χ1v) is 6.34. The number of aliphatic hydroxyl groups excluding tert-OH is 1. The minimum Gasteiger partial charge on any atom is -0.390 e. The van der Waals surface area contributed by atoms with Crippen molar-refractivity contribution in [2.45, 2.75) is 31.8 Å². The molecule has 3 atom stereocenters. The van der Waals surface area contributed by atoms with Crippen molar-refractivity contribution in [1.82, 2.24) is 14.6 Å². The average molecular weight is 285 g/mol. The number of ether oxygens (including phenoxy) is 1. The Kier molecular flexibility index (Phi) is 4.39. The first kappa shape index (κ1) is 14.9. The quantitative estimate of drug-likeness (QED) is 0.688. The summed E-state index contributed by atoms with van der Waals surface area (Å²) in [4.78, 5) is 30.6. The Morgan fingerprint density at radius 3 is 2.90 bits per heavy atom. The standard InChI is InChI=1S/C12H19N3O5/c1-7-5-15(12(18)13-11(7)17)10-4-8(16)9(20-10)6-19-14(2)3/h5,8-10,16H,4,6H2,1-3H3,(H,13,17,18)/t8-,9+,10+/m0/s1. The zero-order valence-electron chi connectivity index (χ0n) is 11.7. The third-order valence-electron chi connectivity index (χ3n) is 3.16. The summed E-state index contributed by atoms with van der Waals surface area (Å²) in [7, 11) is 3.46.